The van der Waals surface area contributed by atoms with E-state index >= 15 is 0 Å². The SMILES string of the molecule is COC(=O)c1ccc(NCc2ccnc(OC)c2)c(N)c1. The molecule has 21 heavy (non-hydrogen) atoms. The van der Waals surface area contributed by atoms with Crippen molar-refractivity contribution < 1.29 is 14.3 Å². The van der Waals surface area contributed by atoms with Gasteiger partial charge in [-0.3, -0.25) is 0 Å². The molecule has 0 unspecified atom stereocenters. The number of nitrogens with zero attached hydrogens (tertiary/aromatic N) is 1. The molecular weight excluding hydrogens is 270 g/mol. The molecule has 3 N–H and O–H groups in total. The molecule has 0 saturated carbocycles. The maximum atomic E-state index is 11.4. The van der Waals surface area contributed by atoms with Crippen molar-refractivity contribution in [2.75, 3.05) is 25.3 Å². The zero-order chi connectivity index (χ0) is 15.2. The minimum Gasteiger partial charge on any atom is -0.481 e. The molecule has 0 spiro atoms. The van der Waals surface area contributed by atoms with Crippen LogP contribution in [0.2, 0.25) is 0 Å². The van der Waals surface area contributed by atoms with Gasteiger partial charge in [0.1, 0.15) is 0 Å². The van der Waals surface area contributed by atoms with E-state index < -0.39 is 5.97 Å². The summed E-state index contributed by atoms with van der Waals surface area (Å²) in [5.41, 5.74) is 8.60. The van der Waals surface area contributed by atoms with Gasteiger partial charge in [-0.05, 0) is 29.8 Å². The fraction of sp³-hybridized carbons (Fsp3) is 0.200. The Bertz CT molecular complexity index is 644. The first-order chi connectivity index (χ1) is 10.1. The molecule has 0 radical (unpaired) electrons. The highest BCUT2D eigenvalue weighted by Gasteiger charge is 2.08. The molecular formula is C15H17N3O3. The standard InChI is InChI=1S/C15H17N3O3/c1-20-14-7-10(5-6-17-14)9-18-13-4-3-11(8-12(13)16)15(19)21-2/h3-8,18H,9,16H2,1-2H3. The summed E-state index contributed by atoms with van der Waals surface area (Å²) in [5, 5.41) is 3.20. The number of aromatic nitrogens is 1. The zero-order valence-corrected chi connectivity index (χ0v) is 11.9. The number of nitrogens with one attached hydrogen (secondary N) is 1. The van der Waals surface area contributed by atoms with E-state index in [1.807, 2.05) is 12.1 Å². The highest BCUT2D eigenvalue weighted by atomic mass is 16.5. The van der Waals surface area contributed by atoms with Crippen molar-refractivity contribution in [2.45, 2.75) is 6.54 Å². The molecule has 0 saturated heterocycles. The van der Waals surface area contributed by atoms with Crippen LogP contribution in [0.15, 0.2) is 36.5 Å². The molecule has 1 aromatic heterocycles. The number of carbonyl (C=O) groups excluding carboxylic acids is 1. The number of nitrogen functional groups attached to an aromatic ring is 1. The summed E-state index contributed by atoms with van der Waals surface area (Å²) in [4.78, 5) is 15.5. The molecule has 0 atom stereocenters. The fourth-order valence-corrected chi connectivity index (χ4v) is 1.84. The number of rotatable bonds is 5. The second-order valence-electron chi connectivity index (χ2n) is 4.35. The van der Waals surface area contributed by atoms with Gasteiger partial charge in [-0.25, -0.2) is 9.78 Å². The Morgan fingerprint density at radius 2 is 2.10 bits per heavy atom. The van der Waals surface area contributed by atoms with E-state index in [0.717, 1.165) is 11.3 Å². The maximum absolute atomic E-state index is 11.4. The van der Waals surface area contributed by atoms with Crippen LogP contribution in [0.4, 0.5) is 11.4 Å². The summed E-state index contributed by atoms with van der Waals surface area (Å²) in [6, 6.07) is 8.72. The smallest absolute Gasteiger partial charge is 0.337 e. The Morgan fingerprint density at radius 1 is 1.29 bits per heavy atom. The lowest BCUT2D eigenvalue weighted by Gasteiger charge is -2.11. The fourth-order valence-electron chi connectivity index (χ4n) is 1.84. The lowest BCUT2D eigenvalue weighted by atomic mass is 10.1. The number of carbonyl (C=O) groups is 1. The summed E-state index contributed by atoms with van der Waals surface area (Å²) < 4.78 is 9.72. The van der Waals surface area contributed by atoms with Crippen molar-refractivity contribution in [3.05, 3.63) is 47.7 Å². The van der Waals surface area contributed by atoms with Crippen LogP contribution >= 0.6 is 0 Å². The number of pyridine rings is 1. The van der Waals surface area contributed by atoms with Crippen LogP contribution in [0, 0.1) is 0 Å². The third-order valence-corrected chi connectivity index (χ3v) is 2.96. The third-order valence-electron chi connectivity index (χ3n) is 2.96. The van der Waals surface area contributed by atoms with E-state index in [9.17, 15) is 4.79 Å². The Labute approximate surface area is 122 Å². The van der Waals surface area contributed by atoms with Gasteiger partial charge in [0, 0.05) is 18.8 Å². The van der Waals surface area contributed by atoms with Gasteiger partial charge in [0.25, 0.3) is 0 Å². The minimum atomic E-state index is -0.410. The summed E-state index contributed by atoms with van der Waals surface area (Å²) in [5.74, 6) is 0.149. The van der Waals surface area contributed by atoms with Crippen LogP contribution in [0.5, 0.6) is 5.88 Å². The summed E-state index contributed by atoms with van der Waals surface area (Å²) in [7, 11) is 2.91. The molecule has 6 nitrogen and oxygen atoms in total. The maximum Gasteiger partial charge on any atom is 0.337 e. The van der Waals surface area contributed by atoms with Gasteiger partial charge in [-0.15, -0.1) is 0 Å². The number of ether oxygens (including phenoxy) is 2. The number of hydrogen-bond acceptors (Lipinski definition) is 6. The van der Waals surface area contributed by atoms with Crippen LogP contribution in [0.3, 0.4) is 0 Å². The highest BCUT2D eigenvalue weighted by Crippen LogP contribution is 2.21. The van der Waals surface area contributed by atoms with Crippen molar-refractivity contribution in [3.63, 3.8) is 0 Å². The number of hydrogen-bond donors (Lipinski definition) is 2. The topological polar surface area (TPSA) is 86.5 Å². The highest BCUT2D eigenvalue weighted by molar-refractivity contribution is 5.91. The molecule has 2 aromatic rings. The largest absolute Gasteiger partial charge is 0.481 e. The van der Waals surface area contributed by atoms with Gasteiger partial charge >= 0.3 is 5.97 Å². The van der Waals surface area contributed by atoms with Crippen molar-refractivity contribution in [2.24, 2.45) is 0 Å². The molecule has 0 aliphatic heterocycles. The lowest BCUT2D eigenvalue weighted by Crippen LogP contribution is -2.06. The van der Waals surface area contributed by atoms with Crippen molar-refractivity contribution in [1.29, 1.82) is 0 Å². The Morgan fingerprint density at radius 3 is 2.76 bits per heavy atom. The molecule has 0 fully saturated rings. The van der Waals surface area contributed by atoms with Crippen LogP contribution in [0.25, 0.3) is 0 Å². The Balaban J connectivity index is 2.07. The summed E-state index contributed by atoms with van der Waals surface area (Å²) in [6.07, 6.45) is 1.68. The zero-order valence-electron chi connectivity index (χ0n) is 11.9. The van der Waals surface area contributed by atoms with Gasteiger partial charge in [-0.1, -0.05) is 0 Å². The molecule has 110 valence electrons. The van der Waals surface area contributed by atoms with Gasteiger partial charge < -0.3 is 20.5 Å². The molecule has 1 heterocycles. The predicted octanol–water partition coefficient (Wildman–Crippen LogP) is 2.07. The molecule has 2 rings (SSSR count). The monoisotopic (exact) mass is 287 g/mol. The molecule has 0 aliphatic rings. The van der Waals surface area contributed by atoms with Gasteiger partial charge in [0.2, 0.25) is 5.88 Å². The molecule has 0 aliphatic carbocycles. The van der Waals surface area contributed by atoms with Crippen LogP contribution in [0.1, 0.15) is 15.9 Å². The second kappa shape index (κ2) is 6.60. The molecule has 0 amide bonds. The van der Waals surface area contributed by atoms with E-state index in [-0.39, 0.29) is 0 Å². The van der Waals surface area contributed by atoms with Gasteiger partial charge in [0.15, 0.2) is 0 Å². The number of esters is 1. The first kappa shape index (κ1) is 14.6. The predicted molar refractivity (Wildman–Crippen MR) is 80.3 cm³/mol. The molecule has 1 aromatic carbocycles. The van der Waals surface area contributed by atoms with Crippen LogP contribution in [-0.4, -0.2) is 25.2 Å². The quantitative estimate of drug-likeness (QED) is 0.646. The average Bonchev–Trinajstić information content (AvgIpc) is 2.53. The minimum absolute atomic E-state index is 0.410. The molecule has 0 bridgehead atoms. The molecule has 6 heteroatoms. The van der Waals surface area contributed by atoms with Crippen molar-refractivity contribution in [1.82, 2.24) is 4.98 Å². The van der Waals surface area contributed by atoms with Crippen LogP contribution in [-0.2, 0) is 11.3 Å². The van der Waals surface area contributed by atoms with Gasteiger partial charge in [-0.2, -0.15) is 0 Å². The Kier molecular flexibility index (Phi) is 4.61. The third kappa shape index (κ3) is 3.62. The first-order valence-corrected chi connectivity index (χ1v) is 6.34. The number of nitrogens with two attached hydrogens (primary N) is 1. The first-order valence-electron chi connectivity index (χ1n) is 6.34. The van der Waals surface area contributed by atoms with Gasteiger partial charge in [0.05, 0.1) is 31.2 Å². The Hall–Kier alpha value is -2.76. The van der Waals surface area contributed by atoms with Crippen molar-refractivity contribution in [3.8, 4) is 5.88 Å². The number of methoxy groups -OCH3 is 2. The van der Waals surface area contributed by atoms with E-state index in [0.29, 0.717) is 23.7 Å². The van der Waals surface area contributed by atoms with E-state index in [4.69, 9.17) is 10.5 Å². The summed E-state index contributed by atoms with van der Waals surface area (Å²) in [6.45, 7) is 0.570. The van der Waals surface area contributed by atoms with E-state index in [1.54, 1.807) is 31.5 Å². The average molecular weight is 287 g/mol. The number of anilines is 2. The van der Waals surface area contributed by atoms with E-state index in [1.165, 1.54) is 7.11 Å². The normalized spacial score (nSPS) is 10.0. The lowest BCUT2D eigenvalue weighted by molar-refractivity contribution is 0.0601. The van der Waals surface area contributed by atoms with Crippen molar-refractivity contribution >= 4 is 17.3 Å². The summed E-state index contributed by atoms with van der Waals surface area (Å²) >= 11 is 0. The van der Waals surface area contributed by atoms with Crippen LogP contribution < -0.4 is 15.8 Å². The van der Waals surface area contributed by atoms with E-state index in [2.05, 4.69) is 15.0 Å². The second-order valence-corrected chi connectivity index (χ2v) is 4.35. The number of benzene rings is 1.